The maximum absolute atomic E-state index is 9.25. The van der Waals surface area contributed by atoms with E-state index in [1.807, 2.05) is 25.1 Å². The number of rotatable bonds is 6. The third-order valence-electron chi connectivity index (χ3n) is 2.46. The predicted octanol–water partition coefficient (Wildman–Crippen LogP) is 2.75. The van der Waals surface area contributed by atoms with E-state index in [0.717, 1.165) is 18.4 Å². The fourth-order valence-electron chi connectivity index (χ4n) is 1.65. The summed E-state index contributed by atoms with van der Waals surface area (Å²) < 4.78 is 11.0. The molecule has 0 bridgehead atoms. The van der Waals surface area contributed by atoms with Crippen molar-refractivity contribution in [2.24, 2.45) is 0 Å². The molecule has 1 rings (SSSR count). The molecule has 16 heavy (non-hydrogen) atoms. The molecule has 0 heterocycles. The Labute approximate surface area is 97.0 Å². The summed E-state index contributed by atoms with van der Waals surface area (Å²) >= 11 is 0. The highest BCUT2D eigenvalue weighted by Gasteiger charge is 2.12. The van der Waals surface area contributed by atoms with E-state index in [9.17, 15) is 5.11 Å². The molecule has 0 aliphatic heterocycles. The standard InChI is InChI=1S/C13H20O3/c1-4-6-10(2)16-13-11(9-14)7-5-8-12(13)15-3/h5,7-8,10,14H,4,6,9H2,1-3H3. The molecular formula is C13H20O3. The minimum Gasteiger partial charge on any atom is -0.493 e. The zero-order chi connectivity index (χ0) is 12.0. The van der Waals surface area contributed by atoms with Crippen LogP contribution in [0.2, 0.25) is 0 Å². The molecule has 0 saturated heterocycles. The van der Waals surface area contributed by atoms with Gasteiger partial charge in [-0.2, -0.15) is 0 Å². The molecule has 3 heteroatoms. The van der Waals surface area contributed by atoms with Crippen molar-refractivity contribution in [2.45, 2.75) is 39.4 Å². The lowest BCUT2D eigenvalue weighted by atomic mass is 10.2. The van der Waals surface area contributed by atoms with Gasteiger partial charge in [0.05, 0.1) is 19.8 Å². The summed E-state index contributed by atoms with van der Waals surface area (Å²) in [6.45, 7) is 4.11. The topological polar surface area (TPSA) is 38.7 Å². The molecule has 0 aliphatic carbocycles. The maximum atomic E-state index is 9.25. The Kier molecular flexibility index (Phi) is 5.12. The highest BCUT2D eigenvalue weighted by atomic mass is 16.5. The number of benzene rings is 1. The molecule has 3 nitrogen and oxygen atoms in total. The van der Waals surface area contributed by atoms with Crippen LogP contribution in [-0.2, 0) is 6.61 Å². The van der Waals surface area contributed by atoms with E-state index in [4.69, 9.17) is 9.47 Å². The number of ether oxygens (including phenoxy) is 2. The van der Waals surface area contributed by atoms with E-state index in [2.05, 4.69) is 6.92 Å². The molecule has 0 spiro atoms. The first-order valence-corrected chi connectivity index (χ1v) is 5.66. The smallest absolute Gasteiger partial charge is 0.167 e. The molecule has 90 valence electrons. The molecule has 1 N–H and O–H groups in total. The number of aliphatic hydroxyl groups is 1. The van der Waals surface area contributed by atoms with Gasteiger partial charge in [0.15, 0.2) is 11.5 Å². The van der Waals surface area contributed by atoms with E-state index < -0.39 is 0 Å². The first-order valence-electron chi connectivity index (χ1n) is 5.66. The van der Waals surface area contributed by atoms with Crippen LogP contribution in [0.4, 0.5) is 0 Å². The van der Waals surface area contributed by atoms with Gasteiger partial charge in [-0.3, -0.25) is 0 Å². The molecular weight excluding hydrogens is 204 g/mol. The molecule has 0 aromatic heterocycles. The lowest BCUT2D eigenvalue weighted by Gasteiger charge is -2.18. The SMILES string of the molecule is CCCC(C)Oc1c(CO)cccc1OC. The molecule has 0 fully saturated rings. The van der Waals surface area contributed by atoms with Crippen molar-refractivity contribution in [3.63, 3.8) is 0 Å². The molecule has 0 saturated carbocycles. The average Bonchev–Trinajstić information content (AvgIpc) is 2.29. The van der Waals surface area contributed by atoms with Crippen LogP contribution in [-0.4, -0.2) is 18.3 Å². The summed E-state index contributed by atoms with van der Waals surface area (Å²) in [7, 11) is 1.60. The minimum absolute atomic E-state index is 0.0363. The van der Waals surface area contributed by atoms with E-state index in [1.165, 1.54) is 0 Å². The van der Waals surface area contributed by atoms with Gasteiger partial charge in [-0.25, -0.2) is 0 Å². The largest absolute Gasteiger partial charge is 0.493 e. The fourth-order valence-corrected chi connectivity index (χ4v) is 1.65. The Balaban J connectivity index is 2.90. The quantitative estimate of drug-likeness (QED) is 0.807. The monoisotopic (exact) mass is 224 g/mol. The van der Waals surface area contributed by atoms with Crippen molar-refractivity contribution in [3.8, 4) is 11.5 Å². The zero-order valence-corrected chi connectivity index (χ0v) is 10.2. The molecule has 1 aromatic carbocycles. The van der Waals surface area contributed by atoms with Crippen molar-refractivity contribution in [1.29, 1.82) is 0 Å². The Hall–Kier alpha value is -1.22. The summed E-state index contributed by atoms with van der Waals surface area (Å²) in [5, 5.41) is 9.25. The molecule has 1 aromatic rings. The molecule has 1 unspecified atom stereocenters. The van der Waals surface area contributed by atoms with Gasteiger partial charge >= 0.3 is 0 Å². The summed E-state index contributed by atoms with van der Waals surface area (Å²) in [4.78, 5) is 0. The zero-order valence-electron chi connectivity index (χ0n) is 10.2. The molecule has 0 amide bonds. The first-order chi connectivity index (χ1) is 7.72. The van der Waals surface area contributed by atoms with Gasteiger partial charge in [0.2, 0.25) is 0 Å². The predicted molar refractivity (Wildman–Crippen MR) is 63.9 cm³/mol. The van der Waals surface area contributed by atoms with Crippen LogP contribution in [0.25, 0.3) is 0 Å². The van der Waals surface area contributed by atoms with Crippen molar-refractivity contribution in [3.05, 3.63) is 23.8 Å². The highest BCUT2D eigenvalue weighted by molar-refractivity contribution is 5.46. The van der Waals surface area contributed by atoms with E-state index >= 15 is 0 Å². The van der Waals surface area contributed by atoms with Crippen LogP contribution in [0.3, 0.4) is 0 Å². The van der Waals surface area contributed by atoms with Gasteiger partial charge in [-0.05, 0) is 19.4 Å². The molecule has 0 radical (unpaired) electrons. The summed E-state index contributed by atoms with van der Waals surface area (Å²) in [5.74, 6) is 1.34. The maximum Gasteiger partial charge on any atom is 0.167 e. The van der Waals surface area contributed by atoms with E-state index in [-0.39, 0.29) is 12.7 Å². The third kappa shape index (κ3) is 3.14. The molecule has 1 atom stereocenters. The van der Waals surface area contributed by atoms with E-state index in [1.54, 1.807) is 7.11 Å². The van der Waals surface area contributed by atoms with Crippen LogP contribution >= 0.6 is 0 Å². The van der Waals surface area contributed by atoms with Crippen molar-refractivity contribution < 1.29 is 14.6 Å². The second-order valence-corrected chi connectivity index (χ2v) is 3.82. The Morgan fingerprint density at radius 2 is 2.12 bits per heavy atom. The normalized spacial score (nSPS) is 12.2. The lowest BCUT2D eigenvalue weighted by molar-refractivity contribution is 0.191. The number of aliphatic hydroxyl groups excluding tert-OH is 1. The fraction of sp³-hybridized carbons (Fsp3) is 0.538. The third-order valence-corrected chi connectivity index (χ3v) is 2.46. The summed E-state index contributed by atoms with van der Waals surface area (Å²) in [6, 6.07) is 5.53. The first kappa shape index (κ1) is 12.8. The number of methoxy groups -OCH3 is 1. The van der Waals surface area contributed by atoms with Gasteiger partial charge < -0.3 is 14.6 Å². The minimum atomic E-state index is -0.0363. The Morgan fingerprint density at radius 3 is 2.69 bits per heavy atom. The van der Waals surface area contributed by atoms with Crippen molar-refractivity contribution in [2.75, 3.05) is 7.11 Å². The van der Waals surface area contributed by atoms with Crippen LogP contribution in [0.1, 0.15) is 32.3 Å². The van der Waals surface area contributed by atoms with Gasteiger partial charge in [-0.15, -0.1) is 0 Å². The number of para-hydroxylation sites is 1. The summed E-state index contributed by atoms with van der Waals surface area (Å²) in [6.07, 6.45) is 2.19. The van der Waals surface area contributed by atoms with Gasteiger partial charge in [0.25, 0.3) is 0 Å². The van der Waals surface area contributed by atoms with Crippen LogP contribution in [0.5, 0.6) is 11.5 Å². The van der Waals surface area contributed by atoms with Crippen LogP contribution < -0.4 is 9.47 Å². The van der Waals surface area contributed by atoms with Crippen molar-refractivity contribution in [1.82, 2.24) is 0 Å². The Morgan fingerprint density at radius 1 is 1.38 bits per heavy atom. The number of hydrogen-bond donors (Lipinski definition) is 1. The average molecular weight is 224 g/mol. The molecule has 0 aliphatic rings. The van der Waals surface area contributed by atoms with Gasteiger partial charge in [-0.1, -0.05) is 25.5 Å². The van der Waals surface area contributed by atoms with E-state index in [0.29, 0.717) is 11.5 Å². The van der Waals surface area contributed by atoms with Crippen molar-refractivity contribution >= 4 is 0 Å². The second kappa shape index (κ2) is 6.38. The van der Waals surface area contributed by atoms with Crippen LogP contribution in [0, 0.1) is 0 Å². The number of hydrogen-bond acceptors (Lipinski definition) is 3. The second-order valence-electron chi connectivity index (χ2n) is 3.82. The lowest BCUT2D eigenvalue weighted by Crippen LogP contribution is -2.13. The van der Waals surface area contributed by atoms with Gasteiger partial charge in [0.1, 0.15) is 0 Å². The van der Waals surface area contributed by atoms with Crippen LogP contribution in [0.15, 0.2) is 18.2 Å². The van der Waals surface area contributed by atoms with Gasteiger partial charge in [0, 0.05) is 5.56 Å². The Bertz CT molecular complexity index is 301. The highest BCUT2D eigenvalue weighted by Crippen LogP contribution is 2.32. The summed E-state index contributed by atoms with van der Waals surface area (Å²) in [5.41, 5.74) is 0.766.